The molecule has 0 atom stereocenters. The lowest BCUT2D eigenvalue weighted by Gasteiger charge is -2.12. The van der Waals surface area contributed by atoms with Crippen molar-refractivity contribution in [1.82, 2.24) is 20.0 Å². The van der Waals surface area contributed by atoms with Gasteiger partial charge in [0.2, 0.25) is 0 Å². The number of aliphatic hydroxyl groups is 1. The number of aromatic nitrogens is 4. The number of methoxy groups -OCH3 is 1. The lowest BCUT2D eigenvalue weighted by atomic mass is 10.1. The van der Waals surface area contributed by atoms with Gasteiger partial charge in [0.05, 0.1) is 13.7 Å². The number of pyridine rings is 1. The van der Waals surface area contributed by atoms with E-state index in [1.807, 2.05) is 37.3 Å². The summed E-state index contributed by atoms with van der Waals surface area (Å²) in [6.45, 7) is 1.80. The first-order chi connectivity index (χ1) is 10.7. The molecule has 0 bridgehead atoms. The molecule has 3 aromatic rings. The second-order valence-electron chi connectivity index (χ2n) is 4.87. The van der Waals surface area contributed by atoms with Gasteiger partial charge in [-0.15, -0.1) is 5.10 Å². The number of hydrogen-bond acceptors (Lipinski definition) is 5. The topological polar surface area (TPSA) is 73.1 Å². The highest BCUT2D eigenvalue weighted by atomic mass is 16.5. The van der Waals surface area contributed by atoms with E-state index in [0.29, 0.717) is 17.1 Å². The SMILES string of the molecule is COc1ccc(C)cc1-n1nnc(CO)c1-c1cccnc1. The number of benzene rings is 1. The van der Waals surface area contributed by atoms with Crippen molar-refractivity contribution < 1.29 is 9.84 Å². The van der Waals surface area contributed by atoms with E-state index in [1.165, 1.54) is 0 Å². The lowest BCUT2D eigenvalue weighted by molar-refractivity contribution is 0.277. The molecule has 0 amide bonds. The first-order valence-corrected chi connectivity index (χ1v) is 6.85. The highest BCUT2D eigenvalue weighted by Gasteiger charge is 2.18. The van der Waals surface area contributed by atoms with Gasteiger partial charge in [0, 0.05) is 18.0 Å². The predicted molar refractivity (Wildman–Crippen MR) is 81.8 cm³/mol. The van der Waals surface area contributed by atoms with Crippen LogP contribution >= 0.6 is 0 Å². The molecule has 2 aromatic heterocycles. The number of rotatable bonds is 4. The van der Waals surface area contributed by atoms with Gasteiger partial charge in [0.1, 0.15) is 22.8 Å². The molecule has 0 saturated heterocycles. The summed E-state index contributed by atoms with van der Waals surface area (Å²) in [5.74, 6) is 0.685. The Balaban J connectivity index is 2.25. The van der Waals surface area contributed by atoms with Crippen molar-refractivity contribution in [3.8, 4) is 22.7 Å². The molecule has 0 aliphatic heterocycles. The molecule has 0 spiro atoms. The van der Waals surface area contributed by atoms with Crippen LogP contribution in [0.25, 0.3) is 16.9 Å². The fourth-order valence-corrected chi connectivity index (χ4v) is 2.35. The molecule has 22 heavy (non-hydrogen) atoms. The summed E-state index contributed by atoms with van der Waals surface area (Å²) in [4.78, 5) is 4.13. The van der Waals surface area contributed by atoms with Gasteiger partial charge in [0.15, 0.2) is 0 Å². The van der Waals surface area contributed by atoms with E-state index in [1.54, 1.807) is 24.2 Å². The normalized spacial score (nSPS) is 10.7. The summed E-state index contributed by atoms with van der Waals surface area (Å²) in [5, 5.41) is 17.8. The minimum Gasteiger partial charge on any atom is -0.494 e. The molecule has 3 rings (SSSR count). The van der Waals surface area contributed by atoms with Crippen molar-refractivity contribution in [1.29, 1.82) is 0 Å². The Bertz CT molecular complexity index is 784. The summed E-state index contributed by atoms with van der Waals surface area (Å²) in [6, 6.07) is 9.56. The molecule has 112 valence electrons. The lowest BCUT2D eigenvalue weighted by Crippen LogP contribution is -2.03. The Morgan fingerprint density at radius 1 is 1.27 bits per heavy atom. The number of nitrogens with zero attached hydrogens (tertiary/aromatic N) is 4. The minimum atomic E-state index is -0.196. The second-order valence-corrected chi connectivity index (χ2v) is 4.87. The molecule has 0 fully saturated rings. The quantitative estimate of drug-likeness (QED) is 0.798. The largest absolute Gasteiger partial charge is 0.494 e. The van der Waals surface area contributed by atoms with Gasteiger partial charge in [0.25, 0.3) is 0 Å². The molecule has 6 nitrogen and oxygen atoms in total. The minimum absolute atomic E-state index is 0.196. The third-order valence-electron chi connectivity index (χ3n) is 3.39. The average molecular weight is 296 g/mol. The van der Waals surface area contributed by atoms with Crippen LogP contribution in [0.3, 0.4) is 0 Å². The fraction of sp³-hybridized carbons (Fsp3) is 0.188. The van der Waals surface area contributed by atoms with Crippen LogP contribution < -0.4 is 4.74 Å². The number of hydrogen-bond donors (Lipinski definition) is 1. The van der Waals surface area contributed by atoms with Crippen LogP contribution in [0.5, 0.6) is 5.75 Å². The smallest absolute Gasteiger partial charge is 0.144 e. The van der Waals surface area contributed by atoms with Gasteiger partial charge in [-0.1, -0.05) is 11.3 Å². The van der Waals surface area contributed by atoms with Crippen molar-refractivity contribution in [3.05, 3.63) is 54.0 Å². The van der Waals surface area contributed by atoms with Gasteiger partial charge in [-0.25, -0.2) is 4.68 Å². The Kier molecular flexibility index (Phi) is 3.84. The van der Waals surface area contributed by atoms with Crippen LogP contribution in [0.4, 0.5) is 0 Å². The van der Waals surface area contributed by atoms with E-state index >= 15 is 0 Å². The molecule has 1 N–H and O–H groups in total. The molecular weight excluding hydrogens is 280 g/mol. The zero-order valence-corrected chi connectivity index (χ0v) is 12.4. The Hall–Kier alpha value is -2.73. The average Bonchev–Trinajstić information content (AvgIpc) is 2.99. The molecule has 6 heteroatoms. The zero-order valence-electron chi connectivity index (χ0n) is 12.4. The van der Waals surface area contributed by atoms with Crippen LogP contribution in [0, 0.1) is 6.92 Å². The molecular formula is C16H16N4O2. The maximum atomic E-state index is 9.55. The summed E-state index contributed by atoms with van der Waals surface area (Å²) in [6.07, 6.45) is 3.42. The maximum absolute atomic E-state index is 9.55. The highest BCUT2D eigenvalue weighted by Crippen LogP contribution is 2.30. The van der Waals surface area contributed by atoms with Crippen LogP contribution in [0.15, 0.2) is 42.7 Å². The summed E-state index contributed by atoms with van der Waals surface area (Å²) in [7, 11) is 1.61. The molecule has 0 unspecified atom stereocenters. The molecule has 1 aromatic carbocycles. The number of ether oxygens (including phenoxy) is 1. The Morgan fingerprint density at radius 3 is 2.82 bits per heavy atom. The van der Waals surface area contributed by atoms with E-state index in [2.05, 4.69) is 15.3 Å². The first kappa shape index (κ1) is 14.2. The number of aryl methyl sites for hydroxylation is 1. The second kappa shape index (κ2) is 5.95. The molecule has 0 radical (unpaired) electrons. The van der Waals surface area contributed by atoms with Gasteiger partial charge in [-0.2, -0.15) is 0 Å². The van der Waals surface area contributed by atoms with E-state index < -0.39 is 0 Å². The van der Waals surface area contributed by atoms with Crippen molar-refractivity contribution in [2.75, 3.05) is 7.11 Å². The Morgan fingerprint density at radius 2 is 2.14 bits per heavy atom. The van der Waals surface area contributed by atoms with Gasteiger partial charge < -0.3 is 9.84 Å². The molecule has 0 saturated carbocycles. The van der Waals surface area contributed by atoms with Gasteiger partial charge >= 0.3 is 0 Å². The molecule has 0 aliphatic rings. The standard InChI is InChI=1S/C16H16N4O2/c1-11-5-6-15(22-2)14(8-11)20-16(13(10-21)18-19-20)12-4-3-7-17-9-12/h3-9,21H,10H2,1-2H3. The van der Waals surface area contributed by atoms with Crippen LogP contribution in [0.1, 0.15) is 11.3 Å². The first-order valence-electron chi connectivity index (χ1n) is 6.85. The summed E-state index contributed by atoms with van der Waals surface area (Å²) in [5.41, 5.74) is 3.89. The van der Waals surface area contributed by atoms with Crippen molar-refractivity contribution in [3.63, 3.8) is 0 Å². The third kappa shape index (κ3) is 2.44. The van der Waals surface area contributed by atoms with Crippen molar-refractivity contribution in [2.45, 2.75) is 13.5 Å². The predicted octanol–water partition coefficient (Wildman–Crippen LogP) is 2.14. The third-order valence-corrected chi connectivity index (χ3v) is 3.39. The zero-order chi connectivity index (χ0) is 15.5. The fourth-order valence-electron chi connectivity index (χ4n) is 2.35. The van der Waals surface area contributed by atoms with Crippen LogP contribution in [0.2, 0.25) is 0 Å². The maximum Gasteiger partial charge on any atom is 0.144 e. The molecule has 0 aliphatic carbocycles. The Labute approximate surface area is 128 Å². The van der Waals surface area contributed by atoms with Gasteiger partial charge in [-0.05, 0) is 36.8 Å². The number of aliphatic hydroxyl groups excluding tert-OH is 1. The van der Waals surface area contributed by atoms with Crippen LogP contribution in [-0.4, -0.2) is 32.2 Å². The van der Waals surface area contributed by atoms with E-state index in [0.717, 1.165) is 16.8 Å². The van der Waals surface area contributed by atoms with Crippen molar-refractivity contribution in [2.24, 2.45) is 0 Å². The van der Waals surface area contributed by atoms with E-state index in [9.17, 15) is 5.11 Å². The van der Waals surface area contributed by atoms with E-state index in [-0.39, 0.29) is 6.61 Å². The highest BCUT2D eigenvalue weighted by molar-refractivity contribution is 5.65. The van der Waals surface area contributed by atoms with Crippen molar-refractivity contribution >= 4 is 0 Å². The summed E-state index contributed by atoms with van der Waals surface area (Å²) < 4.78 is 7.10. The van der Waals surface area contributed by atoms with Crippen LogP contribution in [-0.2, 0) is 6.61 Å². The summed E-state index contributed by atoms with van der Waals surface area (Å²) >= 11 is 0. The van der Waals surface area contributed by atoms with Gasteiger partial charge in [-0.3, -0.25) is 4.98 Å². The monoisotopic (exact) mass is 296 g/mol. The molecule has 2 heterocycles. The van der Waals surface area contributed by atoms with E-state index in [4.69, 9.17) is 4.74 Å².